The number of benzene rings is 2. The highest BCUT2D eigenvalue weighted by molar-refractivity contribution is 6.30. The van der Waals surface area contributed by atoms with Crippen LogP contribution in [0, 0.1) is 0 Å². The van der Waals surface area contributed by atoms with Crippen LogP contribution in [0.5, 0.6) is 11.5 Å². The molecule has 0 bridgehead atoms. The van der Waals surface area contributed by atoms with Crippen LogP contribution in [0.4, 0.5) is 0 Å². The van der Waals surface area contributed by atoms with Gasteiger partial charge in [-0.25, -0.2) is 0 Å². The van der Waals surface area contributed by atoms with Gasteiger partial charge < -0.3 is 14.6 Å². The summed E-state index contributed by atoms with van der Waals surface area (Å²) in [5.74, 6) is 1.33. The Morgan fingerprint density at radius 3 is 2.19 bits per heavy atom. The van der Waals surface area contributed by atoms with Crippen LogP contribution >= 0.6 is 11.6 Å². The number of methoxy groups -OCH3 is 2. The summed E-state index contributed by atoms with van der Waals surface area (Å²) >= 11 is 5.88. The van der Waals surface area contributed by atoms with Crippen molar-refractivity contribution in [3.8, 4) is 11.5 Å². The van der Waals surface area contributed by atoms with Crippen LogP contribution in [0.15, 0.2) is 42.5 Å². The van der Waals surface area contributed by atoms with E-state index in [2.05, 4.69) is 0 Å². The first-order chi connectivity index (χ1) is 9.96. The molecule has 4 heteroatoms. The van der Waals surface area contributed by atoms with Crippen molar-refractivity contribution in [3.05, 3.63) is 58.6 Å². The molecule has 2 rings (SSSR count). The van der Waals surface area contributed by atoms with Crippen molar-refractivity contribution in [1.29, 1.82) is 0 Å². The predicted octanol–water partition coefficient (Wildman–Crippen LogP) is 3.81. The Hall–Kier alpha value is -1.71. The second-order valence-electron chi connectivity index (χ2n) is 5.15. The summed E-state index contributed by atoms with van der Waals surface area (Å²) < 4.78 is 10.5. The molecule has 0 aliphatic heterocycles. The van der Waals surface area contributed by atoms with Crippen LogP contribution in [0.2, 0.25) is 5.02 Å². The molecular weight excluding hydrogens is 288 g/mol. The summed E-state index contributed by atoms with van der Waals surface area (Å²) in [5.41, 5.74) is 0.804. The molecule has 0 aliphatic carbocycles. The summed E-state index contributed by atoms with van der Waals surface area (Å²) in [4.78, 5) is 0. The third kappa shape index (κ3) is 3.69. The molecule has 0 amide bonds. The molecule has 1 atom stereocenters. The van der Waals surface area contributed by atoms with Gasteiger partial charge in [-0.2, -0.15) is 0 Å². The number of aliphatic hydroxyl groups is 1. The lowest BCUT2D eigenvalue weighted by Crippen LogP contribution is -2.24. The number of hydrogen-bond donors (Lipinski definition) is 1. The topological polar surface area (TPSA) is 38.7 Å². The van der Waals surface area contributed by atoms with E-state index in [9.17, 15) is 5.11 Å². The van der Waals surface area contributed by atoms with Gasteiger partial charge in [0, 0.05) is 11.4 Å². The molecule has 0 radical (unpaired) electrons. The first kappa shape index (κ1) is 15.7. The van der Waals surface area contributed by atoms with Gasteiger partial charge in [0.25, 0.3) is 0 Å². The summed E-state index contributed by atoms with van der Waals surface area (Å²) in [7, 11) is 3.19. The lowest BCUT2D eigenvalue weighted by atomic mass is 9.89. The molecule has 0 heterocycles. The summed E-state index contributed by atoms with van der Waals surface area (Å²) in [6.45, 7) is 1.78. The molecule has 0 saturated heterocycles. The lowest BCUT2D eigenvalue weighted by molar-refractivity contribution is 0.0576. The van der Waals surface area contributed by atoms with Gasteiger partial charge in [0.1, 0.15) is 0 Å². The van der Waals surface area contributed by atoms with Crippen LogP contribution < -0.4 is 9.47 Å². The van der Waals surface area contributed by atoms with Crippen molar-refractivity contribution < 1.29 is 14.6 Å². The molecule has 0 spiro atoms. The van der Waals surface area contributed by atoms with Crippen molar-refractivity contribution in [2.24, 2.45) is 0 Å². The Morgan fingerprint density at radius 1 is 1.00 bits per heavy atom. The zero-order valence-electron chi connectivity index (χ0n) is 12.4. The minimum absolute atomic E-state index is 0.467. The fourth-order valence-electron chi connectivity index (χ4n) is 2.30. The molecule has 0 saturated carbocycles. The molecule has 0 fully saturated rings. The Bertz CT molecular complexity index is 606. The van der Waals surface area contributed by atoms with Gasteiger partial charge in [-0.15, -0.1) is 0 Å². The SMILES string of the molecule is COc1ccc(CC(C)(O)c2ccc(Cl)cc2)cc1OC. The first-order valence-electron chi connectivity index (χ1n) is 6.65. The zero-order chi connectivity index (χ0) is 15.5. The van der Waals surface area contributed by atoms with Crippen molar-refractivity contribution in [2.75, 3.05) is 14.2 Å². The Morgan fingerprint density at radius 2 is 1.62 bits per heavy atom. The summed E-state index contributed by atoms with van der Waals surface area (Å²) in [6.07, 6.45) is 0.467. The van der Waals surface area contributed by atoms with Gasteiger partial charge in [0.15, 0.2) is 11.5 Å². The van der Waals surface area contributed by atoms with Crippen LogP contribution in [0.25, 0.3) is 0 Å². The van der Waals surface area contributed by atoms with Crippen LogP contribution in [0.1, 0.15) is 18.1 Å². The van der Waals surface area contributed by atoms with E-state index in [-0.39, 0.29) is 0 Å². The third-order valence-electron chi connectivity index (χ3n) is 3.46. The van der Waals surface area contributed by atoms with Crippen LogP contribution in [-0.4, -0.2) is 19.3 Å². The average Bonchev–Trinajstić information content (AvgIpc) is 2.47. The standard InChI is InChI=1S/C17H19ClO3/c1-17(19,13-5-7-14(18)8-6-13)11-12-4-9-15(20-2)16(10-12)21-3/h4-10,19H,11H2,1-3H3. The van der Waals surface area contributed by atoms with E-state index >= 15 is 0 Å². The fourth-order valence-corrected chi connectivity index (χ4v) is 2.43. The smallest absolute Gasteiger partial charge is 0.160 e. The van der Waals surface area contributed by atoms with E-state index < -0.39 is 5.60 Å². The van der Waals surface area contributed by atoms with Crippen molar-refractivity contribution in [2.45, 2.75) is 18.9 Å². The molecule has 1 N–H and O–H groups in total. The quantitative estimate of drug-likeness (QED) is 0.913. The Labute approximate surface area is 130 Å². The minimum atomic E-state index is -0.982. The maximum atomic E-state index is 10.7. The van der Waals surface area contributed by atoms with Gasteiger partial charge in [-0.1, -0.05) is 29.8 Å². The third-order valence-corrected chi connectivity index (χ3v) is 3.71. The monoisotopic (exact) mass is 306 g/mol. The van der Waals surface area contributed by atoms with E-state index in [0.717, 1.165) is 11.1 Å². The maximum absolute atomic E-state index is 10.7. The summed E-state index contributed by atoms with van der Waals surface area (Å²) in [5, 5.41) is 11.4. The first-order valence-corrected chi connectivity index (χ1v) is 7.03. The zero-order valence-corrected chi connectivity index (χ0v) is 13.1. The molecule has 2 aromatic carbocycles. The van der Waals surface area contributed by atoms with Crippen LogP contribution in [0.3, 0.4) is 0 Å². The molecule has 0 aliphatic rings. The molecule has 1 unspecified atom stereocenters. The highest BCUT2D eigenvalue weighted by Crippen LogP contribution is 2.32. The number of halogens is 1. The number of ether oxygens (including phenoxy) is 2. The Balaban J connectivity index is 2.25. The van der Waals surface area contributed by atoms with Gasteiger partial charge >= 0.3 is 0 Å². The second-order valence-corrected chi connectivity index (χ2v) is 5.58. The van der Waals surface area contributed by atoms with Gasteiger partial charge in [-0.05, 0) is 42.3 Å². The van der Waals surface area contributed by atoms with E-state index in [1.54, 1.807) is 33.3 Å². The Kier molecular flexibility index (Phi) is 4.76. The second kappa shape index (κ2) is 6.37. The van der Waals surface area contributed by atoms with Gasteiger partial charge in [0.05, 0.1) is 19.8 Å². The number of hydrogen-bond acceptors (Lipinski definition) is 3. The predicted molar refractivity (Wildman–Crippen MR) is 84.3 cm³/mol. The van der Waals surface area contributed by atoms with Crippen molar-refractivity contribution in [3.63, 3.8) is 0 Å². The van der Waals surface area contributed by atoms with E-state index in [4.69, 9.17) is 21.1 Å². The molecule has 0 aromatic heterocycles. The fraction of sp³-hybridized carbons (Fsp3) is 0.294. The molecule has 2 aromatic rings. The molecule has 21 heavy (non-hydrogen) atoms. The molecule has 112 valence electrons. The minimum Gasteiger partial charge on any atom is -0.493 e. The molecule has 3 nitrogen and oxygen atoms in total. The number of rotatable bonds is 5. The van der Waals surface area contributed by atoms with Crippen LogP contribution in [-0.2, 0) is 12.0 Å². The van der Waals surface area contributed by atoms with Gasteiger partial charge in [-0.3, -0.25) is 0 Å². The van der Waals surface area contributed by atoms with Gasteiger partial charge in [0.2, 0.25) is 0 Å². The average molecular weight is 307 g/mol. The lowest BCUT2D eigenvalue weighted by Gasteiger charge is -2.24. The van der Waals surface area contributed by atoms with E-state index in [1.807, 2.05) is 30.3 Å². The highest BCUT2D eigenvalue weighted by atomic mass is 35.5. The van der Waals surface area contributed by atoms with Crippen molar-refractivity contribution >= 4 is 11.6 Å². The molecular formula is C17H19ClO3. The maximum Gasteiger partial charge on any atom is 0.160 e. The summed E-state index contributed by atoms with van der Waals surface area (Å²) in [6, 6.07) is 12.9. The van der Waals surface area contributed by atoms with E-state index in [0.29, 0.717) is 22.9 Å². The van der Waals surface area contributed by atoms with E-state index in [1.165, 1.54) is 0 Å². The largest absolute Gasteiger partial charge is 0.493 e. The highest BCUT2D eigenvalue weighted by Gasteiger charge is 2.24. The van der Waals surface area contributed by atoms with Crippen molar-refractivity contribution in [1.82, 2.24) is 0 Å². The normalized spacial score (nSPS) is 13.6.